The summed E-state index contributed by atoms with van der Waals surface area (Å²) in [5, 5.41) is 4.12. The summed E-state index contributed by atoms with van der Waals surface area (Å²) in [4.78, 5) is 17.1. The third kappa shape index (κ3) is 6.26. The number of Topliss-reactive ketones (excluding diaryl/α,β-unsaturated/α-hetero) is 1. The largest absolute Gasteiger partial charge is 0.416 e. The second kappa shape index (κ2) is 10.7. The molecule has 4 nitrogen and oxygen atoms in total. The molecule has 180 valence electrons. The predicted molar refractivity (Wildman–Crippen MR) is 124 cm³/mol. The van der Waals surface area contributed by atoms with E-state index in [1.165, 1.54) is 0 Å². The average Bonchev–Trinajstić information content (AvgIpc) is 3.29. The Labute approximate surface area is 201 Å². The van der Waals surface area contributed by atoms with Gasteiger partial charge < -0.3 is 4.52 Å². The number of hydrogen-bond acceptors (Lipinski definition) is 4. The van der Waals surface area contributed by atoms with Crippen LogP contribution in [0, 0.1) is 11.8 Å². The summed E-state index contributed by atoms with van der Waals surface area (Å²) >= 11 is 6.02. The smallest absolute Gasteiger partial charge is 0.339 e. The Morgan fingerprint density at radius 2 is 1.74 bits per heavy atom. The molecule has 8 heteroatoms. The number of aryl methyl sites for hydroxylation is 1. The van der Waals surface area contributed by atoms with Crippen LogP contribution in [0.2, 0.25) is 5.02 Å². The van der Waals surface area contributed by atoms with Gasteiger partial charge in [-0.1, -0.05) is 59.9 Å². The van der Waals surface area contributed by atoms with E-state index in [9.17, 15) is 18.0 Å². The van der Waals surface area contributed by atoms with E-state index in [0.29, 0.717) is 17.6 Å². The van der Waals surface area contributed by atoms with Gasteiger partial charge in [0.25, 0.3) is 0 Å². The minimum absolute atomic E-state index is 0.0342. The molecule has 0 saturated heterocycles. The Balaban J connectivity index is 1.21. The van der Waals surface area contributed by atoms with Gasteiger partial charge in [0, 0.05) is 24.0 Å². The molecule has 1 saturated carbocycles. The number of nitrogens with zero attached hydrogens (tertiary/aromatic N) is 2. The highest BCUT2D eigenvalue weighted by atomic mass is 35.5. The van der Waals surface area contributed by atoms with Crippen LogP contribution >= 0.6 is 11.6 Å². The normalized spacial score (nSPS) is 18.7. The van der Waals surface area contributed by atoms with Gasteiger partial charge in [0.05, 0.1) is 10.6 Å². The van der Waals surface area contributed by atoms with Crippen molar-refractivity contribution in [1.29, 1.82) is 0 Å². The van der Waals surface area contributed by atoms with E-state index in [4.69, 9.17) is 16.1 Å². The van der Waals surface area contributed by atoms with Gasteiger partial charge in [0.1, 0.15) is 0 Å². The van der Waals surface area contributed by atoms with Gasteiger partial charge >= 0.3 is 6.18 Å². The fraction of sp³-hybridized carbons (Fsp3) is 0.423. The van der Waals surface area contributed by atoms with E-state index in [0.717, 1.165) is 68.7 Å². The second-order valence-corrected chi connectivity index (χ2v) is 9.38. The summed E-state index contributed by atoms with van der Waals surface area (Å²) in [6.45, 7) is 0. The maximum Gasteiger partial charge on any atom is 0.416 e. The number of benzene rings is 2. The molecular weight excluding hydrogens is 465 g/mol. The summed E-state index contributed by atoms with van der Waals surface area (Å²) in [5.41, 5.74) is 0.0472. The van der Waals surface area contributed by atoms with E-state index < -0.39 is 11.7 Å². The highest BCUT2D eigenvalue weighted by molar-refractivity contribution is 6.34. The van der Waals surface area contributed by atoms with Crippen LogP contribution < -0.4 is 0 Å². The molecule has 0 unspecified atom stereocenters. The number of alkyl halides is 3. The summed E-state index contributed by atoms with van der Waals surface area (Å²) in [6, 6.07) is 12.6. The van der Waals surface area contributed by atoms with Gasteiger partial charge in [-0.25, -0.2) is 0 Å². The first-order chi connectivity index (χ1) is 16.3. The molecule has 1 heterocycles. The zero-order valence-corrected chi connectivity index (χ0v) is 19.4. The molecule has 0 bridgehead atoms. The molecule has 1 fully saturated rings. The number of halogens is 4. The molecule has 1 aliphatic rings. The van der Waals surface area contributed by atoms with Crippen molar-refractivity contribution >= 4 is 17.4 Å². The lowest BCUT2D eigenvalue weighted by Crippen LogP contribution is -2.18. The molecule has 4 rings (SSSR count). The number of ketones is 1. The van der Waals surface area contributed by atoms with Crippen LogP contribution in [-0.4, -0.2) is 15.9 Å². The van der Waals surface area contributed by atoms with Gasteiger partial charge in [0.2, 0.25) is 11.7 Å². The van der Waals surface area contributed by atoms with Crippen LogP contribution in [-0.2, 0) is 12.6 Å². The van der Waals surface area contributed by atoms with E-state index in [1.54, 1.807) is 0 Å². The van der Waals surface area contributed by atoms with Crippen LogP contribution in [0.1, 0.15) is 66.8 Å². The Morgan fingerprint density at radius 1 is 1.03 bits per heavy atom. The Bertz CT molecular complexity index is 1110. The van der Waals surface area contributed by atoms with Gasteiger partial charge in [-0.15, -0.1) is 0 Å². The zero-order valence-electron chi connectivity index (χ0n) is 18.7. The summed E-state index contributed by atoms with van der Waals surface area (Å²) in [7, 11) is 0. The van der Waals surface area contributed by atoms with Gasteiger partial charge in [0.15, 0.2) is 5.78 Å². The van der Waals surface area contributed by atoms with Crippen molar-refractivity contribution in [2.75, 3.05) is 0 Å². The highest BCUT2D eigenvalue weighted by Crippen LogP contribution is 2.36. The summed E-state index contributed by atoms with van der Waals surface area (Å²) in [5.74, 6) is 1.67. The number of rotatable bonds is 8. The van der Waals surface area contributed by atoms with E-state index in [1.807, 2.05) is 30.3 Å². The van der Waals surface area contributed by atoms with Crippen molar-refractivity contribution < 1.29 is 22.5 Å². The molecular formula is C26H26ClF3N2O2. The average molecular weight is 491 g/mol. The number of carbonyl (C=O) groups is 1. The third-order valence-electron chi connectivity index (χ3n) is 6.54. The van der Waals surface area contributed by atoms with Gasteiger partial charge in [-0.3, -0.25) is 4.79 Å². The molecule has 34 heavy (non-hydrogen) atoms. The SMILES string of the molecule is O=C(CC1CCC(CCCc2nc(-c3ccccc3)no2)CC1)c1cc(C(F)(F)F)ccc1Cl. The van der Waals surface area contributed by atoms with Crippen molar-refractivity contribution in [1.82, 2.24) is 10.1 Å². The first-order valence-corrected chi connectivity index (χ1v) is 12.0. The number of carbonyl (C=O) groups excluding carboxylic acids is 1. The molecule has 0 radical (unpaired) electrons. The molecule has 0 atom stereocenters. The van der Waals surface area contributed by atoms with Crippen molar-refractivity contribution in [3.05, 3.63) is 70.6 Å². The van der Waals surface area contributed by atoms with Crippen molar-refractivity contribution in [2.24, 2.45) is 11.8 Å². The van der Waals surface area contributed by atoms with Crippen molar-refractivity contribution in [2.45, 2.75) is 57.5 Å². The Morgan fingerprint density at radius 3 is 2.44 bits per heavy atom. The van der Waals surface area contributed by atoms with E-state index >= 15 is 0 Å². The second-order valence-electron chi connectivity index (χ2n) is 8.98. The van der Waals surface area contributed by atoms with Crippen LogP contribution in [0.3, 0.4) is 0 Å². The standard InChI is InChI=1S/C26H26ClF3N2O2/c27-22-14-13-20(26(28,29)30)16-21(22)23(33)15-18-11-9-17(10-12-18)5-4-8-24-31-25(32-34-24)19-6-2-1-3-7-19/h1-3,6-7,13-14,16-18H,4-5,8-12,15H2. The predicted octanol–water partition coefficient (Wildman–Crippen LogP) is 7.81. The van der Waals surface area contributed by atoms with Crippen LogP contribution in [0.5, 0.6) is 0 Å². The molecule has 2 aromatic carbocycles. The molecule has 0 aliphatic heterocycles. The highest BCUT2D eigenvalue weighted by Gasteiger charge is 2.32. The maximum atomic E-state index is 13.0. The monoisotopic (exact) mass is 490 g/mol. The van der Waals surface area contributed by atoms with Crippen molar-refractivity contribution in [3.63, 3.8) is 0 Å². The Kier molecular flexibility index (Phi) is 7.71. The number of hydrogen-bond donors (Lipinski definition) is 0. The summed E-state index contributed by atoms with van der Waals surface area (Å²) in [6.07, 6.45) is 2.26. The van der Waals surface area contributed by atoms with Crippen molar-refractivity contribution in [3.8, 4) is 11.4 Å². The van der Waals surface area contributed by atoms with Crippen LogP contribution in [0.4, 0.5) is 13.2 Å². The molecule has 1 aliphatic carbocycles. The quantitative estimate of drug-likeness (QED) is 0.302. The van der Waals surface area contributed by atoms with Gasteiger partial charge in [-0.05, 0) is 55.7 Å². The molecule has 3 aromatic rings. The minimum Gasteiger partial charge on any atom is -0.339 e. The Hall–Kier alpha value is -2.67. The fourth-order valence-electron chi connectivity index (χ4n) is 4.61. The lowest BCUT2D eigenvalue weighted by Gasteiger charge is -2.28. The first kappa shape index (κ1) is 24.5. The fourth-order valence-corrected chi connectivity index (χ4v) is 4.84. The van der Waals surface area contributed by atoms with Crippen LogP contribution in [0.15, 0.2) is 53.1 Å². The minimum atomic E-state index is -4.50. The lowest BCUT2D eigenvalue weighted by molar-refractivity contribution is -0.137. The topological polar surface area (TPSA) is 56.0 Å². The van der Waals surface area contributed by atoms with E-state index in [-0.39, 0.29) is 28.7 Å². The third-order valence-corrected chi connectivity index (χ3v) is 6.87. The first-order valence-electron chi connectivity index (χ1n) is 11.6. The molecule has 0 spiro atoms. The molecule has 0 N–H and O–H groups in total. The van der Waals surface area contributed by atoms with Crippen LogP contribution in [0.25, 0.3) is 11.4 Å². The lowest BCUT2D eigenvalue weighted by atomic mass is 9.77. The maximum absolute atomic E-state index is 13.0. The number of aromatic nitrogens is 2. The van der Waals surface area contributed by atoms with Gasteiger partial charge in [-0.2, -0.15) is 18.2 Å². The summed E-state index contributed by atoms with van der Waals surface area (Å²) < 4.78 is 44.3. The van der Waals surface area contributed by atoms with E-state index in [2.05, 4.69) is 10.1 Å². The zero-order chi connectivity index (χ0) is 24.1. The molecule has 1 aromatic heterocycles. The molecule has 0 amide bonds.